The molecule has 188 valence electrons. The molecular weight excluding hydrogens is 448 g/mol. The molecule has 1 aliphatic rings. The fourth-order valence-corrected chi connectivity index (χ4v) is 4.18. The van der Waals surface area contributed by atoms with Gasteiger partial charge in [-0.05, 0) is 56.9 Å². The highest BCUT2D eigenvalue weighted by atomic mass is 16.5. The lowest BCUT2D eigenvalue weighted by Crippen LogP contribution is -2.64. The van der Waals surface area contributed by atoms with Crippen LogP contribution in [-0.4, -0.2) is 54.5 Å². The predicted molar refractivity (Wildman–Crippen MR) is 132 cm³/mol. The molecule has 0 saturated carbocycles. The van der Waals surface area contributed by atoms with E-state index in [-0.39, 0.29) is 19.1 Å². The Morgan fingerprint density at radius 3 is 1.89 bits per heavy atom. The zero-order valence-electron chi connectivity index (χ0n) is 21.1. The Bertz CT molecular complexity index is 1080. The Hall–Kier alpha value is -3.39. The lowest BCUT2D eigenvalue weighted by Gasteiger charge is -2.42. The van der Waals surface area contributed by atoms with Gasteiger partial charge in [0.2, 0.25) is 5.91 Å². The molecule has 2 aromatic rings. The number of benzene rings is 2. The number of carbonyl (C=O) groups excluding carboxylic acids is 2. The van der Waals surface area contributed by atoms with Crippen molar-refractivity contribution in [1.29, 1.82) is 0 Å². The minimum absolute atomic E-state index is 0.0853. The van der Waals surface area contributed by atoms with Gasteiger partial charge in [0.15, 0.2) is 5.54 Å². The van der Waals surface area contributed by atoms with Crippen molar-refractivity contribution in [3.8, 4) is 11.1 Å². The van der Waals surface area contributed by atoms with Crippen LogP contribution in [0.3, 0.4) is 0 Å². The zero-order valence-corrected chi connectivity index (χ0v) is 21.1. The van der Waals surface area contributed by atoms with E-state index in [0.717, 1.165) is 22.3 Å². The molecule has 8 heteroatoms. The first-order valence-corrected chi connectivity index (χ1v) is 11.5. The molecule has 0 aromatic heterocycles. The average molecular weight is 483 g/mol. The standard InChI is InChI=1S/C27H34N2O6/c1-25(2,22(30)28-27(5,16-34-6)23(31)32)26(3,4)29-24(33)35-15-21-19-13-9-7-11-17(19)18-12-8-10-14-20(18)21/h7-14,21H,15-16H2,1-6H3,(H,28,30)(H,29,33)(H,31,32). The minimum atomic E-state index is -1.61. The Labute approximate surface area is 206 Å². The molecule has 1 atom stereocenters. The predicted octanol–water partition coefficient (Wildman–Crippen LogP) is 3.94. The number of fused-ring (bicyclic) bond motifs is 3. The third kappa shape index (κ3) is 5.03. The second kappa shape index (κ2) is 9.70. The van der Waals surface area contributed by atoms with Gasteiger partial charge < -0.3 is 25.2 Å². The highest BCUT2D eigenvalue weighted by Crippen LogP contribution is 2.44. The summed E-state index contributed by atoms with van der Waals surface area (Å²) in [7, 11) is 1.36. The second-order valence-electron chi connectivity index (χ2n) is 10.2. The molecule has 35 heavy (non-hydrogen) atoms. The maximum absolute atomic E-state index is 13.1. The van der Waals surface area contributed by atoms with Crippen LogP contribution in [0.25, 0.3) is 11.1 Å². The van der Waals surface area contributed by atoms with E-state index in [4.69, 9.17) is 9.47 Å². The quantitative estimate of drug-likeness (QED) is 0.499. The topological polar surface area (TPSA) is 114 Å². The van der Waals surface area contributed by atoms with Crippen molar-refractivity contribution >= 4 is 18.0 Å². The molecule has 0 aliphatic heterocycles. The number of carboxylic acids is 1. The molecule has 8 nitrogen and oxygen atoms in total. The van der Waals surface area contributed by atoms with Crippen molar-refractivity contribution in [3.63, 3.8) is 0 Å². The number of amides is 2. The van der Waals surface area contributed by atoms with Crippen LogP contribution in [0.2, 0.25) is 0 Å². The minimum Gasteiger partial charge on any atom is -0.479 e. The van der Waals surface area contributed by atoms with Crippen LogP contribution in [0.1, 0.15) is 51.7 Å². The Kier molecular flexibility index (Phi) is 7.26. The molecule has 3 rings (SSSR count). The van der Waals surface area contributed by atoms with Crippen LogP contribution in [0, 0.1) is 5.41 Å². The van der Waals surface area contributed by atoms with Gasteiger partial charge >= 0.3 is 12.1 Å². The summed E-state index contributed by atoms with van der Waals surface area (Å²) in [6.07, 6.45) is -0.657. The van der Waals surface area contributed by atoms with Crippen molar-refractivity contribution in [3.05, 3.63) is 59.7 Å². The fourth-order valence-electron chi connectivity index (χ4n) is 4.18. The number of alkyl carbamates (subject to hydrolysis) is 1. The van der Waals surface area contributed by atoms with E-state index < -0.39 is 34.5 Å². The molecule has 2 amide bonds. The van der Waals surface area contributed by atoms with Gasteiger partial charge in [-0.25, -0.2) is 9.59 Å². The molecule has 0 bridgehead atoms. The Morgan fingerprint density at radius 2 is 1.40 bits per heavy atom. The highest BCUT2D eigenvalue weighted by molar-refractivity contribution is 5.90. The summed E-state index contributed by atoms with van der Waals surface area (Å²) in [5.41, 5.74) is 0.622. The van der Waals surface area contributed by atoms with Gasteiger partial charge in [-0.1, -0.05) is 48.5 Å². The summed E-state index contributed by atoms with van der Waals surface area (Å²) in [4.78, 5) is 37.6. The maximum Gasteiger partial charge on any atom is 0.407 e. The smallest absolute Gasteiger partial charge is 0.407 e. The van der Waals surface area contributed by atoms with E-state index in [1.54, 1.807) is 27.7 Å². The monoisotopic (exact) mass is 482 g/mol. The number of nitrogens with one attached hydrogen (secondary N) is 2. The van der Waals surface area contributed by atoms with Gasteiger partial charge in [-0.2, -0.15) is 0 Å². The first-order valence-electron chi connectivity index (χ1n) is 11.5. The van der Waals surface area contributed by atoms with Crippen LogP contribution >= 0.6 is 0 Å². The van der Waals surface area contributed by atoms with E-state index in [1.165, 1.54) is 14.0 Å². The fraction of sp³-hybridized carbons (Fsp3) is 0.444. The SMILES string of the molecule is COCC(C)(NC(=O)C(C)(C)C(C)(C)NC(=O)OCC1c2ccccc2-c2ccccc21)C(=O)O. The van der Waals surface area contributed by atoms with Crippen molar-refractivity contribution in [2.45, 2.75) is 51.6 Å². The molecule has 0 spiro atoms. The number of hydrogen-bond donors (Lipinski definition) is 3. The van der Waals surface area contributed by atoms with Crippen LogP contribution in [0.4, 0.5) is 4.79 Å². The van der Waals surface area contributed by atoms with Crippen molar-refractivity contribution < 1.29 is 29.0 Å². The van der Waals surface area contributed by atoms with E-state index >= 15 is 0 Å². The zero-order chi connectivity index (χ0) is 26.0. The molecule has 1 unspecified atom stereocenters. The number of ether oxygens (including phenoxy) is 2. The highest BCUT2D eigenvalue weighted by Gasteiger charge is 2.48. The lowest BCUT2D eigenvalue weighted by atomic mass is 9.73. The van der Waals surface area contributed by atoms with Gasteiger partial charge in [0.05, 0.1) is 17.6 Å². The van der Waals surface area contributed by atoms with Crippen LogP contribution in [0.15, 0.2) is 48.5 Å². The molecule has 0 radical (unpaired) electrons. The molecule has 0 heterocycles. The molecule has 2 aromatic carbocycles. The number of carbonyl (C=O) groups is 3. The number of rotatable bonds is 9. The number of hydrogen-bond acceptors (Lipinski definition) is 5. The summed E-state index contributed by atoms with van der Waals surface area (Å²) in [6.45, 7) is 7.99. The molecule has 0 saturated heterocycles. The number of methoxy groups -OCH3 is 1. The third-order valence-electron chi connectivity index (χ3n) is 7.18. The largest absolute Gasteiger partial charge is 0.479 e. The van der Waals surface area contributed by atoms with Crippen molar-refractivity contribution in [2.75, 3.05) is 20.3 Å². The second-order valence-corrected chi connectivity index (χ2v) is 10.2. The van der Waals surface area contributed by atoms with E-state index in [0.29, 0.717) is 0 Å². The Morgan fingerprint density at radius 1 is 0.886 bits per heavy atom. The summed E-state index contributed by atoms with van der Waals surface area (Å²) < 4.78 is 10.6. The van der Waals surface area contributed by atoms with Crippen LogP contribution in [-0.2, 0) is 19.1 Å². The van der Waals surface area contributed by atoms with Crippen molar-refractivity contribution in [1.82, 2.24) is 10.6 Å². The van der Waals surface area contributed by atoms with Gasteiger partial charge in [-0.15, -0.1) is 0 Å². The number of aliphatic carboxylic acids is 1. The summed E-state index contributed by atoms with van der Waals surface area (Å²) in [6, 6.07) is 16.1. The van der Waals surface area contributed by atoms with E-state index in [2.05, 4.69) is 22.8 Å². The summed E-state index contributed by atoms with van der Waals surface area (Å²) in [5, 5.41) is 14.9. The van der Waals surface area contributed by atoms with Gasteiger partial charge in [-0.3, -0.25) is 4.79 Å². The first-order chi connectivity index (χ1) is 16.3. The van der Waals surface area contributed by atoms with Gasteiger partial charge in [0.1, 0.15) is 6.61 Å². The summed E-state index contributed by atoms with van der Waals surface area (Å²) in [5.74, 6) is -1.84. The molecule has 3 N–H and O–H groups in total. The molecule has 0 fully saturated rings. The van der Waals surface area contributed by atoms with Crippen molar-refractivity contribution in [2.24, 2.45) is 5.41 Å². The lowest BCUT2D eigenvalue weighted by molar-refractivity contribution is -0.152. The maximum atomic E-state index is 13.1. The van der Waals surface area contributed by atoms with Crippen LogP contribution < -0.4 is 10.6 Å². The Balaban J connectivity index is 1.69. The third-order valence-corrected chi connectivity index (χ3v) is 7.18. The first kappa shape index (κ1) is 26.2. The molecular formula is C27H34N2O6. The molecule has 1 aliphatic carbocycles. The normalized spacial score (nSPS) is 14.9. The average Bonchev–Trinajstić information content (AvgIpc) is 3.11. The van der Waals surface area contributed by atoms with Gasteiger partial charge in [0, 0.05) is 13.0 Å². The number of carboxylic acid groups (broad SMARTS) is 1. The van der Waals surface area contributed by atoms with Gasteiger partial charge in [0.25, 0.3) is 0 Å². The van der Waals surface area contributed by atoms with E-state index in [9.17, 15) is 19.5 Å². The summed E-state index contributed by atoms with van der Waals surface area (Å²) >= 11 is 0. The van der Waals surface area contributed by atoms with E-state index in [1.807, 2.05) is 36.4 Å². The van der Waals surface area contributed by atoms with Crippen LogP contribution in [0.5, 0.6) is 0 Å².